The number of methoxy groups -OCH3 is 1. The number of amides is 2. The molecule has 1 aromatic rings. The molecule has 0 saturated carbocycles. The van der Waals surface area contributed by atoms with E-state index >= 15 is 0 Å². The van der Waals surface area contributed by atoms with Crippen molar-refractivity contribution in [1.29, 1.82) is 0 Å². The smallest absolute Gasteiger partial charge is 0.337 e. The molecule has 0 radical (unpaired) electrons. The van der Waals surface area contributed by atoms with Crippen LogP contribution in [0.5, 0.6) is 0 Å². The predicted octanol–water partition coefficient (Wildman–Crippen LogP) is 2.42. The molecule has 0 aliphatic carbocycles. The third-order valence-electron chi connectivity index (χ3n) is 3.39. The molecule has 0 heterocycles. The van der Waals surface area contributed by atoms with Gasteiger partial charge in [-0.1, -0.05) is 12.5 Å². The lowest BCUT2D eigenvalue weighted by atomic mass is 10.1. The molecule has 2 amide bonds. The standard InChI is InChI=1S/C17H24N2O4/c1-12-8-9-14(17(22)23-3)11-15(12)19-16(21)7-5-4-6-10-18-13(2)20/h8-9,11H,4-7,10H2,1-3H3,(H,18,20)(H,19,21). The van der Waals surface area contributed by atoms with E-state index in [2.05, 4.69) is 15.4 Å². The van der Waals surface area contributed by atoms with E-state index in [1.807, 2.05) is 6.92 Å². The molecule has 126 valence electrons. The van der Waals surface area contributed by atoms with Crippen LogP contribution in [0.2, 0.25) is 0 Å². The van der Waals surface area contributed by atoms with E-state index in [1.54, 1.807) is 18.2 Å². The fourth-order valence-corrected chi connectivity index (χ4v) is 2.07. The third-order valence-corrected chi connectivity index (χ3v) is 3.39. The number of hydrogen-bond acceptors (Lipinski definition) is 4. The van der Waals surface area contributed by atoms with Crippen LogP contribution in [0.4, 0.5) is 5.69 Å². The Bertz CT molecular complexity index is 570. The minimum Gasteiger partial charge on any atom is -0.465 e. The van der Waals surface area contributed by atoms with Crippen LogP contribution in [0.15, 0.2) is 18.2 Å². The summed E-state index contributed by atoms with van der Waals surface area (Å²) >= 11 is 0. The van der Waals surface area contributed by atoms with Gasteiger partial charge in [-0.15, -0.1) is 0 Å². The summed E-state index contributed by atoms with van der Waals surface area (Å²) in [6.07, 6.45) is 2.88. The zero-order valence-corrected chi connectivity index (χ0v) is 13.9. The molecule has 2 N–H and O–H groups in total. The highest BCUT2D eigenvalue weighted by Gasteiger charge is 2.10. The van der Waals surface area contributed by atoms with Gasteiger partial charge in [-0.05, 0) is 37.5 Å². The topological polar surface area (TPSA) is 84.5 Å². The van der Waals surface area contributed by atoms with Crippen LogP contribution >= 0.6 is 0 Å². The Morgan fingerprint density at radius 2 is 1.87 bits per heavy atom. The Hall–Kier alpha value is -2.37. The number of ether oxygens (including phenoxy) is 1. The zero-order chi connectivity index (χ0) is 17.2. The molecule has 6 nitrogen and oxygen atoms in total. The lowest BCUT2D eigenvalue weighted by molar-refractivity contribution is -0.119. The van der Waals surface area contributed by atoms with Crippen molar-refractivity contribution in [3.05, 3.63) is 29.3 Å². The van der Waals surface area contributed by atoms with Gasteiger partial charge in [0.15, 0.2) is 0 Å². The molecule has 6 heteroatoms. The number of aryl methyl sites for hydroxylation is 1. The maximum atomic E-state index is 12.0. The van der Waals surface area contributed by atoms with Gasteiger partial charge in [-0.25, -0.2) is 4.79 Å². The number of anilines is 1. The van der Waals surface area contributed by atoms with Crippen LogP contribution in [-0.2, 0) is 14.3 Å². The molecule has 0 aliphatic heterocycles. The van der Waals surface area contributed by atoms with Crippen molar-refractivity contribution in [2.45, 2.75) is 39.5 Å². The summed E-state index contributed by atoms with van der Waals surface area (Å²) in [6.45, 7) is 3.99. The Kier molecular flexibility index (Phi) is 7.80. The second kappa shape index (κ2) is 9.61. The van der Waals surface area contributed by atoms with E-state index in [0.717, 1.165) is 24.8 Å². The Balaban J connectivity index is 2.42. The van der Waals surface area contributed by atoms with Crippen LogP contribution in [0.1, 0.15) is 48.5 Å². The largest absolute Gasteiger partial charge is 0.465 e. The lowest BCUT2D eigenvalue weighted by Gasteiger charge is -2.10. The van der Waals surface area contributed by atoms with E-state index in [9.17, 15) is 14.4 Å². The number of nitrogens with one attached hydrogen (secondary N) is 2. The quantitative estimate of drug-likeness (QED) is 0.569. The van der Waals surface area contributed by atoms with Crippen LogP contribution in [0, 0.1) is 6.92 Å². The van der Waals surface area contributed by atoms with Crippen LogP contribution in [0.3, 0.4) is 0 Å². The van der Waals surface area contributed by atoms with E-state index in [1.165, 1.54) is 14.0 Å². The number of hydrogen-bond donors (Lipinski definition) is 2. The summed E-state index contributed by atoms with van der Waals surface area (Å²) < 4.78 is 4.67. The van der Waals surface area contributed by atoms with Gasteiger partial charge in [0.2, 0.25) is 11.8 Å². The van der Waals surface area contributed by atoms with Gasteiger partial charge in [-0.3, -0.25) is 9.59 Å². The summed E-state index contributed by atoms with van der Waals surface area (Å²) in [7, 11) is 1.32. The summed E-state index contributed by atoms with van der Waals surface area (Å²) in [6, 6.07) is 5.06. The van der Waals surface area contributed by atoms with Crippen molar-refractivity contribution in [2.24, 2.45) is 0 Å². The van der Waals surface area contributed by atoms with Gasteiger partial charge < -0.3 is 15.4 Å². The second-order valence-electron chi connectivity index (χ2n) is 5.36. The monoisotopic (exact) mass is 320 g/mol. The molecular formula is C17H24N2O4. The molecule has 0 fully saturated rings. The summed E-state index contributed by atoms with van der Waals surface area (Å²) in [5.74, 6) is -0.559. The van der Waals surface area contributed by atoms with Crippen LogP contribution in [0.25, 0.3) is 0 Å². The van der Waals surface area contributed by atoms with Gasteiger partial charge in [0.05, 0.1) is 12.7 Å². The molecule has 1 rings (SSSR count). The van der Waals surface area contributed by atoms with Gasteiger partial charge in [0.25, 0.3) is 0 Å². The van der Waals surface area contributed by atoms with Crippen molar-refractivity contribution in [3.63, 3.8) is 0 Å². The molecule has 23 heavy (non-hydrogen) atoms. The highest BCUT2D eigenvalue weighted by atomic mass is 16.5. The molecule has 0 aliphatic rings. The van der Waals surface area contributed by atoms with Gasteiger partial charge >= 0.3 is 5.97 Å². The fraction of sp³-hybridized carbons (Fsp3) is 0.471. The van der Waals surface area contributed by atoms with E-state index in [-0.39, 0.29) is 11.8 Å². The normalized spacial score (nSPS) is 10.0. The SMILES string of the molecule is COC(=O)c1ccc(C)c(NC(=O)CCCCCNC(C)=O)c1. The molecule has 0 atom stereocenters. The second-order valence-corrected chi connectivity index (χ2v) is 5.36. The van der Waals surface area contributed by atoms with Gasteiger partial charge in [0.1, 0.15) is 0 Å². The lowest BCUT2D eigenvalue weighted by Crippen LogP contribution is -2.20. The Labute approximate surface area is 136 Å². The molecule has 0 bridgehead atoms. The Morgan fingerprint density at radius 1 is 1.13 bits per heavy atom. The number of carbonyl (C=O) groups excluding carboxylic acids is 3. The first-order valence-electron chi connectivity index (χ1n) is 7.67. The number of esters is 1. The number of unbranched alkanes of at least 4 members (excludes halogenated alkanes) is 2. The van der Waals surface area contributed by atoms with Crippen LogP contribution in [-0.4, -0.2) is 31.4 Å². The molecule has 0 saturated heterocycles. The highest BCUT2D eigenvalue weighted by Crippen LogP contribution is 2.18. The minimum absolute atomic E-state index is 0.0382. The number of carbonyl (C=O) groups is 3. The fourth-order valence-electron chi connectivity index (χ4n) is 2.07. The average Bonchev–Trinajstić information content (AvgIpc) is 2.51. The molecule has 0 spiro atoms. The maximum Gasteiger partial charge on any atom is 0.337 e. The van der Waals surface area contributed by atoms with Crippen molar-refractivity contribution in [1.82, 2.24) is 5.32 Å². The summed E-state index contributed by atoms with van der Waals surface area (Å²) in [4.78, 5) is 34.2. The van der Waals surface area contributed by atoms with Crippen molar-refractivity contribution < 1.29 is 19.1 Å². The third kappa shape index (κ3) is 6.95. The molecule has 0 unspecified atom stereocenters. The summed E-state index contributed by atoms with van der Waals surface area (Å²) in [5, 5.41) is 5.54. The first kappa shape index (κ1) is 18.7. The van der Waals surface area contributed by atoms with Crippen LogP contribution < -0.4 is 10.6 Å². The average molecular weight is 320 g/mol. The van der Waals surface area contributed by atoms with Crippen molar-refractivity contribution in [2.75, 3.05) is 19.0 Å². The zero-order valence-electron chi connectivity index (χ0n) is 13.9. The van der Waals surface area contributed by atoms with E-state index < -0.39 is 5.97 Å². The molecule has 1 aromatic carbocycles. The van der Waals surface area contributed by atoms with Crippen molar-refractivity contribution >= 4 is 23.5 Å². The molecule has 0 aromatic heterocycles. The predicted molar refractivity (Wildman–Crippen MR) is 88.3 cm³/mol. The highest BCUT2D eigenvalue weighted by molar-refractivity contribution is 5.95. The van der Waals surface area contributed by atoms with E-state index in [0.29, 0.717) is 24.2 Å². The first-order chi connectivity index (χ1) is 10.9. The molecular weight excluding hydrogens is 296 g/mol. The number of rotatable bonds is 8. The summed E-state index contributed by atoms with van der Waals surface area (Å²) in [5.41, 5.74) is 1.91. The Morgan fingerprint density at radius 3 is 2.52 bits per heavy atom. The van der Waals surface area contributed by atoms with Gasteiger partial charge in [-0.2, -0.15) is 0 Å². The van der Waals surface area contributed by atoms with Crippen molar-refractivity contribution in [3.8, 4) is 0 Å². The number of benzene rings is 1. The minimum atomic E-state index is -0.432. The first-order valence-corrected chi connectivity index (χ1v) is 7.67. The maximum absolute atomic E-state index is 12.0. The van der Waals surface area contributed by atoms with Gasteiger partial charge in [0, 0.05) is 25.6 Å². The van der Waals surface area contributed by atoms with E-state index in [4.69, 9.17) is 0 Å².